The number of pyridine rings is 2. The molecule has 0 spiro atoms. The van der Waals surface area contributed by atoms with Crippen molar-refractivity contribution < 1.29 is 4.40 Å². The molecule has 3 rings (SSSR count). The minimum Gasteiger partial charge on any atom is -0.164 e. The van der Waals surface area contributed by atoms with Crippen molar-refractivity contribution in [2.45, 2.75) is 19.8 Å². The van der Waals surface area contributed by atoms with E-state index in [4.69, 9.17) is 0 Å². The van der Waals surface area contributed by atoms with Gasteiger partial charge in [0.15, 0.2) is 11.9 Å². The standard InChI is InChI=1S/C16H16N/c1-2-7-16-15-10-4-3-8-13(15)12-14-9-5-6-11-17(14)16/h3-6,8-12H,2,7H2,1H3/q+1. The van der Waals surface area contributed by atoms with Gasteiger partial charge in [-0.3, -0.25) is 0 Å². The molecule has 0 saturated carbocycles. The van der Waals surface area contributed by atoms with Gasteiger partial charge in [-0.1, -0.05) is 25.1 Å². The zero-order chi connectivity index (χ0) is 11.7. The van der Waals surface area contributed by atoms with Crippen LogP contribution in [0, 0.1) is 0 Å². The molecular weight excluding hydrogens is 206 g/mol. The van der Waals surface area contributed by atoms with Crippen LogP contribution < -0.4 is 4.40 Å². The molecule has 1 aromatic carbocycles. The molecule has 17 heavy (non-hydrogen) atoms. The van der Waals surface area contributed by atoms with Gasteiger partial charge >= 0.3 is 0 Å². The Morgan fingerprint density at radius 1 is 1.00 bits per heavy atom. The highest BCUT2D eigenvalue weighted by atomic mass is 14.9. The number of fused-ring (bicyclic) bond motifs is 2. The summed E-state index contributed by atoms with van der Waals surface area (Å²) >= 11 is 0. The van der Waals surface area contributed by atoms with Crippen LogP contribution in [0.15, 0.2) is 54.7 Å². The molecule has 2 heterocycles. The maximum atomic E-state index is 2.31. The smallest absolute Gasteiger partial charge is 0.164 e. The monoisotopic (exact) mass is 222 g/mol. The van der Waals surface area contributed by atoms with Gasteiger partial charge in [0.2, 0.25) is 5.52 Å². The quantitative estimate of drug-likeness (QED) is 0.461. The van der Waals surface area contributed by atoms with Crippen LogP contribution in [0.4, 0.5) is 0 Å². The lowest BCUT2D eigenvalue weighted by Crippen LogP contribution is -2.27. The van der Waals surface area contributed by atoms with E-state index in [0.717, 1.165) is 6.42 Å². The Kier molecular flexibility index (Phi) is 2.52. The summed E-state index contributed by atoms with van der Waals surface area (Å²) in [6.07, 6.45) is 4.45. The highest BCUT2D eigenvalue weighted by molar-refractivity contribution is 5.86. The molecule has 0 aliphatic heterocycles. The topological polar surface area (TPSA) is 4.10 Å². The Labute approximate surface area is 101 Å². The third-order valence-electron chi connectivity index (χ3n) is 3.24. The lowest BCUT2D eigenvalue weighted by Gasteiger charge is -2.03. The van der Waals surface area contributed by atoms with Crippen molar-refractivity contribution in [3.05, 3.63) is 60.4 Å². The zero-order valence-corrected chi connectivity index (χ0v) is 10.1. The van der Waals surface area contributed by atoms with Crippen LogP contribution in [0.25, 0.3) is 16.3 Å². The van der Waals surface area contributed by atoms with E-state index >= 15 is 0 Å². The first kappa shape index (κ1) is 10.3. The normalized spacial score (nSPS) is 11.1. The van der Waals surface area contributed by atoms with E-state index < -0.39 is 0 Å². The van der Waals surface area contributed by atoms with Crippen LogP contribution in [-0.2, 0) is 6.42 Å². The third kappa shape index (κ3) is 1.68. The molecule has 0 N–H and O–H groups in total. The summed E-state index contributed by atoms with van der Waals surface area (Å²) in [7, 11) is 0. The van der Waals surface area contributed by atoms with Crippen LogP contribution in [0.5, 0.6) is 0 Å². The summed E-state index contributed by atoms with van der Waals surface area (Å²) in [6, 6.07) is 17.3. The molecule has 0 radical (unpaired) electrons. The number of aromatic nitrogens is 1. The van der Waals surface area contributed by atoms with E-state index in [2.05, 4.69) is 66.1 Å². The number of aryl methyl sites for hydroxylation is 1. The van der Waals surface area contributed by atoms with E-state index in [1.54, 1.807) is 0 Å². The van der Waals surface area contributed by atoms with E-state index in [1.165, 1.54) is 28.4 Å². The van der Waals surface area contributed by atoms with Gasteiger partial charge in [-0.05, 0) is 23.9 Å². The van der Waals surface area contributed by atoms with Gasteiger partial charge in [0, 0.05) is 30.0 Å². The number of hydrogen-bond donors (Lipinski definition) is 0. The largest absolute Gasteiger partial charge is 0.211 e. The van der Waals surface area contributed by atoms with Crippen molar-refractivity contribution >= 4 is 16.3 Å². The summed E-state index contributed by atoms with van der Waals surface area (Å²) in [6.45, 7) is 2.23. The molecule has 0 amide bonds. The Morgan fingerprint density at radius 2 is 1.82 bits per heavy atom. The van der Waals surface area contributed by atoms with Gasteiger partial charge in [-0.2, -0.15) is 4.40 Å². The highest BCUT2D eigenvalue weighted by Crippen LogP contribution is 2.18. The van der Waals surface area contributed by atoms with Gasteiger partial charge in [-0.25, -0.2) is 0 Å². The highest BCUT2D eigenvalue weighted by Gasteiger charge is 2.13. The Balaban J connectivity index is 2.47. The van der Waals surface area contributed by atoms with Crippen molar-refractivity contribution in [2.24, 2.45) is 0 Å². The van der Waals surface area contributed by atoms with Crippen molar-refractivity contribution in [3.8, 4) is 0 Å². The van der Waals surface area contributed by atoms with E-state index in [9.17, 15) is 0 Å². The molecular formula is C16H16N+. The molecule has 0 bridgehead atoms. The van der Waals surface area contributed by atoms with Gasteiger partial charge in [0.1, 0.15) is 0 Å². The average Bonchev–Trinajstić information content (AvgIpc) is 2.39. The second-order valence-corrected chi connectivity index (χ2v) is 4.42. The molecule has 0 saturated heterocycles. The number of hydrogen-bond acceptors (Lipinski definition) is 0. The first-order chi connectivity index (χ1) is 8.40. The van der Waals surface area contributed by atoms with Gasteiger partial charge in [0.25, 0.3) is 0 Å². The summed E-state index contributed by atoms with van der Waals surface area (Å²) in [5.74, 6) is 0. The molecule has 0 aliphatic rings. The SMILES string of the molecule is CCCc1c2ccccc2cc2cccc[n+]12. The van der Waals surface area contributed by atoms with Crippen molar-refractivity contribution in [3.63, 3.8) is 0 Å². The fourth-order valence-corrected chi connectivity index (χ4v) is 2.49. The molecule has 1 heteroatoms. The third-order valence-corrected chi connectivity index (χ3v) is 3.24. The zero-order valence-electron chi connectivity index (χ0n) is 10.1. The predicted molar refractivity (Wildman–Crippen MR) is 71.1 cm³/mol. The maximum absolute atomic E-state index is 2.31. The summed E-state index contributed by atoms with van der Waals surface area (Å²) in [5, 5.41) is 2.71. The van der Waals surface area contributed by atoms with Crippen LogP contribution >= 0.6 is 0 Å². The minimum absolute atomic E-state index is 1.12. The predicted octanol–water partition coefficient (Wildman–Crippen LogP) is 3.53. The lowest BCUT2D eigenvalue weighted by molar-refractivity contribution is -0.520. The number of rotatable bonds is 2. The fraction of sp³-hybridized carbons (Fsp3) is 0.188. The second-order valence-electron chi connectivity index (χ2n) is 4.42. The first-order valence-corrected chi connectivity index (χ1v) is 6.21. The molecule has 0 unspecified atom stereocenters. The van der Waals surface area contributed by atoms with E-state index in [1.807, 2.05) is 0 Å². The van der Waals surface area contributed by atoms with Gasteiger partial charge < -0.3 is 0 Å². The Hall–Kier alpha value is -1.89. The molecule has 1 nitrogen and oxygen atoms in total. The maximum Gasteiger partial charge on any atom is 0.211 e. The Morgan fingerprint density at radius 3 is 2.71 bits per heavy atom. The molecule has 84 valence electrons. The van der Waals surface area contributed by atoms with Crippen LogP contribution in [0.3, 0.4) is 0 Å². The first-order valence-electron chi connectivity index (χ1n) is 6.21. The van der Waals surface area contributed by atoms with E-state index in [0.29, 0.717) is 0 Å². The summed E-state index contributed by atoms with van der Waals surface area (Å²) in [5.41, 5.74) is 2.69. The van der Waals surface area contributed by atoms with Crippen molar-refractivity contribution in [2.75, 3.05) is 0 Å². The molecule has 0 fully saturated rings. The fourth-order valence-electron chi connectivity index (χ4n) is 2.49. The summed E-state index contributed by atoms with van der Waals surface area (Å²) < 4.78 is 2.31. The van der Waals surface area contributed by atoms with Crippen LogP contribution in [0.2, 0.25) is 0 Å². The van der Waals surface area contributed by atoms with Crippen molar-refractivity contribution in [1.29, 1.82) is 0 Å². The van der Waals surface area contributed by atoms with Gasteiger partial charge in [-0.15, -0.1) is 0 Å². The summed E-state index contributed by atoms with van der Waals surface area (Å²) in [4.78, 5) is 0. The van der Waals surface area contributed by atoms with Gasteiger partial charge in [0.05, 0.1) is 0 Å². The lowest BCUT2D eigenvalue weighted by atomic mass is 10.1. The van der Waals surface area contributed by atoms with Crippen LogP contribution in [0.1, 0.15) is 19.0 Å². The Bertz CT molecular complexity index is 616. The number of nitrogens with zero attached hydrogens (tertiary/aromatic N) is 1. The second kappa shape index (κ2) is 4.17. The molecule has 0 aliphatic carbocycles. The molecule has 3 aromatic rings. The van der Waals surface area contributed by atoms with Crippen LogP contribution in [-0.4, -0.2) is 0 Å². The van der Waals surface area contributed by atoms with Crippen molar-refractivity contribution in [1.82, 2.24) is 0 Å². The molecule has 0 atom stereocenters. The molecule has 2 aromatic heterocycles. The van der Waals surface area contributed by atoms with E-state index in [-0.39, 0.29) is 0 Å². The average molecular weight is 222 g/mol. The minimum atomic E-state index is 1.12. The number of benzene rings is 1.